The fourth-order valence-corrected chi connectivity index (χ4v) is 0.929. The Bertz CT molecular complexity index is 264. The maximum absolute atomic E-state index is 10.6. The Kier molecular flexibility index (Phi) is 5.85. The molecule has 0 N–H and O–H groups in total. The van der Waals surface area contributed by atoms with Crippen LogP contribution in [-0.4, -0.2) is 4.98 Å². The van der Waals surface area contributed by atoms with Crippen molar-refractivity contribution in [2.75, 3.05) is 0 Å². The largest absolute Gasteiger partial charge is 1.00 e. The first-order chi connectivity index (χ1) is 4.70. The van der Waals surface area contributed by atoms with Gasteiger partial charge in [-0.3, -0.25) is 4.98 Å². The molecule has 0 aliphatic carbocycles. The minimum Gasteiger partial charge on any atom is -0.872 e. The second-order valence-electron chi connectivity index (χ2n) is 1.82. The molecule has 2 nitrogen and oxygen atoms in total. The van der Waals surface area contributed by atoms with Crippen LogP contribution >= 0.6 is 15.9 Å². The number of hydrogen-bond donors (Lipinski definition) is 0. The zero-order chi connectivity index (χ0) is 7.56. The summed E-state index contributed by atoms with van der Waals surface area (Å²) in [4.78, 5) is 3.80. The molecule has 0 saturated carbocycles. The fraction of sp³-hybridized carbons (Fsp3) is 0. The summed E-state index contributed by atoms with van der Waals surface area (Å²) in [5.41, 5.74) is 0.523. The first-order valence-corrected chi connectivity index (χ1v) is 3.46. The average molecular weight is 238 g/mol. The van der Waals surface area contributed by atoms with Gasteiger partial charge in [0.1, 0.15) is 0 Å². The first kappa shape index (κ1) is 11.8. The predicted molar refractivity (Wildman–Crippen MR) is 41.0 cm³/mol. The molecule has 11 heavy (non-hydrogen) atoms. The van der Waals surface area contributed by atoms with Crippen LogP contribution in [0.15, 0.2) is 29.5 Å². The van der Waals surface area contributed by atoms with E-state index in [1.165, 1.54) is 6.20 Å². The van der Waals surface area contributed by atoms with Gasteiger partial charge >= 0.3 is 51.4 Å². The molecule has 52 valence electrons. The summed E-state index contributed by atoms with van der Waals surface area (Å²) in [6.45, 7) is 3.25. The van der Waals surface area contributed by atoms with Crippen LogP contribution in [0.3, 0.4) is 0 Å². The van der Waals surface area contributed by atoms with Crippen molar-refractivity contribution in [1.82, 2.24) is 4.98 Å². The van der Waals surface area contributed by atoms with Crippen LogP contribution < -0.4 is 56.5 Å². The molecule has 0 aromatic carbocycles. The Morgan fingerprint density at radius 3 is 2.55 bits per heavy atom. The quantitative estimate of drug-likeness (QED) is 0.426. The van der Waals surface area contributed by atoms with Crippen molar-refractivity contribution in [3.8, 4) is 0 Å². The summed E-state index contributed by atoms with van der Waals surface area (Å²) in [5, 5.41) is 10.6. The molecule has 0 spiro atoms. The minimum absolute atomic E-state index is 0. The molecule has 1 aromatic rings. The second kappa shape index (κ2) is 5.45. The van der Waals surface area contributed by atoms with Gasteiger partial charge in [0.05, 0.1) is 0 Å². The molecule has 0 amide bonds. The molecule has 0 fully saturated rings. The molecule has 1 heterocycles. The number of pyridine rings is 1. The van der Waals surface area contributed by atoms with E-state index in [4.69, 9.17) is 0 Å². The molecule has 0 atom stereocenters. The van der Waals surface area contributed by atoms with Crippen molar-refractivity contribution in [3.63, 3.8) is 0 Å². The van der Waals surface area contributed by atoms with Gasteiger partial charge < -0.3 is 5.11 Å². The third kappa shape index (κ3) is 3.82. The van der Waals surface area contributed by atoms with Crippen molar-refractivity contribution in [3.05, 3.63) is 35.1 Å². The predicted octanol–water partition coefficient (Wildman–Crippen LogP) is -1.82. The Labute approximate surface area is 116 Å². The Morgan fingerprint density at radius 1 is 1.55 bits per heavy atom. The monoisotopic (exact) mass is 237 g/mol. The maximum Gasteiger partial charge on any atom is 1.00 e. The average Bonchev–Trinajstić information content (AvgIpc) is 1.88. The molecule has 0 unspecified atom stereocenters. The fourth-order valence-electron chi connectivity index (χ4n) is 0.564. The van der Waals surface area contributed by atoms with Crippen molar-refractivity contribution in [1.29, 1.82) is 0 Å². The topological polar surface area (TPSA) is 36.0 Å². The number of hydrogen-bond acceptors (Lipinski definition) is 2. The van der Waals surface area contributed by atoms with Crippen LogP contribution in [0.1, 0.15) is 5.56 Å². The zero-order valence-corrected chi connectivity index (χ0v) is 10.9. The van der Waals surface area contributed by atoms with Gasteiger partial charge in [-0.2, -0.15) is 0 Å². The van der Waals surface area contributed by atoms with Gasteiger partial charge in [0, 0.05) is 16.9 Å². The van der Waals surface area contributed by atoms with Crippen LogP contribution in [-0.2, 0) is 0 Å². The Morgan fingerprint density at radius 2 is 2.18 bits per heavy atom. The van der Waals surface area contributed by atoms with E-state index in [-0.39, 0.29) is 57.1 Å². The number of rotatable bonds is 1. The molecule has 1 aromatic heterocycles. The number of aromatic nitrogens is 1. The molecule has 0 saturated heterocycles. The van der Waals surface area contributed by atoms with E-state index in [0.717, 1.165) is 4.47 Å². The zero-order valence-electron chi connectivity index (χ0n) is 6.17. The standard InChI is InChI=1S/C7H6BrNO.K/c1-5(10)6-2-7(8)4-9-3-6;/h2-4,10H,1H2;/q;+1/p-1. The Hall–Kier alpha value is 0.806. The summed E-state index contributed by atoms with van der Waals surface area (Å²) >= 11 is 3.19. The molecular formula is C7H5BrKNO. The number of nitrogens with zero attached hydrogens (tertiary/aromatic N) is 1. The molecule has 0 aliphatic rings. The molecule has 0 radical (unpaired) electrons. The molecule has 0 aliphatic heterocycles. The summed E-state index contributed by atoms with van der Waals surface area (Å²) in [7, 11) is 0. The van der Waals surface area contributed by atoms with Gasteiger partial charge in [-0.15, -0.1) is 12.3 Å². The van der Waals surface area contributed by atoms with Crippen molar-refractivity contribution in [2.24, 2.45) is 0 Å². The van der Waals surface area contributed by atoms with Crippen molar-refractivity contribution >= 4 is 21.7 Å². The molecular weight excluding hydrogens is 233 g/mol. The van der Waals surface area contributed by atoms with Gasteiger partial charge in [0.25, 0.3) is 0 Å². The van der Waals surface area contributed by atoms with E-state index in [9.17, 15) is 5.11 Å². The third-order valence-electron chi connectivity index (χ3n) is 1.03. The smallest absolute Gasteiger partial charge is 0.872 e. The van der Waals surface area contributed by atoms with E-state index in [1.54, 1.807) is 12.3 Å². The van der Waals surface area contributed by atoms with Gasteiger partial charge in [0.2, 0.25) is 0 Å². The van der Waals surface area contributed by atoms with Crippen molar-refractivity contribution in [2.45, 2.75) is 0 Å². The van der Waals surface area contributed by atoms with Gasteiger partial charge in [-0.05, 0) is 27.6 Å². The minimum atomic E-state index is -0.214. The van der Waals surface area contributed by atoms with Gasteiger partial charge in [0.15, 0.2) is 0 Å². The van der Waals surface area contributed by atoms with E-state index < -0.39 is 0 Å². The third-order valence-corrected chi connectivity index (χ3v) is 1.46. The van der Waals surface area contributed by atoms with Gasteiger partial charge in [-0.1, -0.05) is 0 Å². The van der Waals surface area contributed by atoms with Crippen LogP contribution in [0.2, 0.25) is 0 Å². The first-order valence-electron chi connectivity index (χ1n) is 2.67. The van der Waals surface area contributed by atoms with Crippen LogP contribution in [0, 0.1) is 0 Å². The van der Waals surface area contributed by atoms with E-state index in [2.05, 4.69) is 27.5 Å². The molecule has 0 bridgehead atoms. The normalized spacial score (nSPS) is 8.45. The summed E-state index contributed by atoms with van der Waals surface area (Å²) < 4.78 is 0.794. The Balaban J connectivity index is 0.000001000. The van der Waals surface area contributed by atoms with Crippen LogP contribution in [0.5, 0.6) is 0 Å². The maximum atomic E-state index is 10.6. The number of halogens is 1. The van der Waals surface area contributed by atoms with Gasteiger partial charge in [-0.25, -0.2) is 0 Å². The SMILES string of the molecule is C=C([O-])c1cncc(Br)c1.[K+]. The molecule has 4 heteroatoms. The second-order valence-corrected chi connectivity index (χ2v) is 2.73. The molecule has 1 rings (SSSR count). The summed E-state index contributed by atoms with van der Waals surface area (Å²) in [6.07, 6.45) is 3.10. The summed E-state index contributed by atoms with van der Waals surface area (Å²) in [6, 6.07) is 1.68. The van der Waals surface area contributed by atoms with Crippen molar-refractivity contribution < 1.29 is 56.5 Å². The van der Waals surface area contributed by atoms with E-state index in [1.807, 2.05) is 0 Å². The van der Waals surface area contributed by atoms with E-state index in [0.29, 0.717) is 5.56 Å². The summed E-state index contributed by atoms with van der Waals surface area (Å²) in [5.74, 6) is -0.214. The van der Waals surface area contributed by atoms with E-state index >= 15 is 0 Å². The van der Waals surface area contributed by atoms with Crippen LogP contribution in [0.25, 0.3) is 5.76 Å². The van der Waals surface area contributed by atoms with Crippen LogP contribution in [0.4, 0.5) is 0 Å².